The highest BCUT2D eigenvalue weighted by Gasteiger charge is 2.17. The van der Waals surface area contributed by atoms with Crippen LogP contribution in [0.15, 0.2) is 48.5 Å². The van der Waals surface area contributed by atoms with Gasteiger partial charge in [-0.2, -0.15) is 0 Å². The number of benzene rings is 2. The number of halogens is 1. The summed E-state index contributed by atoms with van der Waals surface area (Å²) < 4.78 is 13.1. The van der Waals surface area contributed by atoms with E-state index in [9.17, 15) is 9.18 Å². The number of nitrogens with zero attached hydrogens (tertiary/aromatic N) is 2. The fourth-order valence-corrected chi connectivity index (χ4v) is 3.78. The predicted molar refractivity (Wildman–Crippen MR) is 114 cm³/mol. The number of rotatable bonds is 8. The van der Waals surface area contributed by atoms with Crippen molar-refractivity contribution in [3.8, 4) is 0 Å². The number of hydrogen-bond donors (Lipinski definition) is 1. The second kappa shape index (κ2) is 10.1. The van der Waals surface area contributed by atoms with Crippen molar-refractivity contribution in [2.75, 3.05) is 42.5 Å². The van der Waals surface area contributed by atoms with Crippen LogP contribution in [-0.4, -0.2) is 38.6 Å². The van der Waals surface area contributed by atoms with Gasteiger partial charge < -0.3 is 15.1 Å². The Morgan fingerprint density at radius 2 is 1.93 bits per heavy atom. The summed E-state index contributed by atoms with van der Waals surface area (Å²) in [7, 11) is 0. The Bertz CT molecular complexity index is 763. The summed E-state index contributed by atoms with van der Waals surface area (Å²) in [4.78, 5) is 16.8. The monoisotopic (exact) mass is 383 g/mol. The van der Waals surface area contributed by atoms with Gasteiger partial charge in [-0.1, -0.05) is 18.2 Å². The second-order valence-electron chi connectivity index (χ2n) is 7.27. The number of aryl methyl sites for hydroxylation is 1. The van der Waals surface area contributed by atoms with Crippen molar-refractivity contribution in [3.05, 3.63) is 59.9 Å². The van der Waals surface area contributed by atoms with E-state index in [2.05, 4.69) is 40.2 Å². The van der Waals surface area contributed by atoms with Crippen LogP contribution < -0.4 is 15.1 Å². The fourth-order valence-electron chi connectivity index (χ4n) is 3.78. The maximum Gasteiger partial charge on any atom is 0.239 e. The highest BCUT2D eigenvalue weighted by molar-refractivity contribution is 5.81. The van der Waals surface area contributed by atoms with Gasteiger partial charge in [-0.05, 0) is 68.5 Å². The molecule has 1 heterocycles. The summed E-state index contributed by atoms with van der Waals surface area (Å²) in [5.74, 6) is -0.149. The zero-order valence-corrected chi connectivity index (χ0v) is 16.7. The number of hydrogen-bond acceptors (Lipinski definition) is 3. The van der Waals surface area contributed by atoms with Crippen LogP contribution in [-0.2, 0) is 11.2 Å². The van der Waals surface area contributed by atoms with Crippen LogP contribution in [0.3, 0.4) is 0 Å². The summed E-state index contributed by atoms with van der Waals surface area (Å²) in [6.45, 7) is 5.74. The van der Waals surface area contributed by atoms with Gasteiger partial charge in [-0.15, -0.1) is 0 Å². The van der Waals surface area contributed by atoms with E-state index >= 15 is 0 Å². The fraction of sp³-hybridized carbons (Fsp3) is 0.435. The average molecular weight is 384 g/mol. The first-order chi connectivity index (χ1) is 13.7. The van der Waals surface area contributed by atoms with E-state index in [1.54, 1.807) is 12.1 Å². The molecule has 4 nitrogen and oxygen atoms in total. The molecule has 0 atom stereocenters. The van der Waals surface area contributed by atoms with Gasteiger partial charge in [0.15, 0.2) is 0 Å². The van der Waals surface area contributed by atoms with Gasteiger partial charge >= 0.3 is 0 Å². The van der Waals surface area contributed by atoms with Gasteiger partial charge in [-0.3, -0.25) is 4.79 Å². The first-order valence-corrected chi connectivity index (χ1v) is 10.3. The first kappa shape index (κ1) is 20.2. The molecule has 150 valence electrons. The van der Waals surface area contributed by atoms with E-state index < -0.39 is 0 Å². The van der Waals surface area contributed by atoms with E-state index in [1.165, 1.54) is 29.8 Å². The van der Waals surface area contributed by atoms with Crippen molar-refractivity contribution in [1.29, 1.82) is 0 Å². The van der Waals surface area contributed by atoms with Crippen LogP contribution >= 0.6 is 0 Å². The Hall–Kier alpha value is -2.56. The predicted octanol–water partition coefficient (Wildman–Crippen LogP) is 4.00. The van der Waals surface area contributed by atoms with Crippen LogP contribution in [0.2, 0.25) is 0 Å². The van der Waals surface area contributed by atoms with Gasteiger partial charge in [0.1, 0.15) is 5.82 Å². The molecule has 2 aromatic carbocycles. The lowest BCUT2D eigenvalue weighted by Gasteiger charge is -2.25. The molecule has 0 spiro atoms. The van der Waals surface area contributed by atoms with Crippen LogP contribution in [0.4, 0.5) is 15.8 Å². The SMILES string of the molecule is CCN(CCCNC(=O)CN1CCCCc2ccccc21)c1ccc(F)cc1. The van der Waals surface area contributed by atoms with Gasteiger partial charge in [0.05, 0.1) is 6.54 Å². The topological polar surface area (TPSA) is 35.6 Å². The quantitative estimate of drug-likeness (QED) is 0.700. The molecule has 0 radical (unpaired) electrons. The molecule has 0 saturated heterocycles. The van der Waals surface area contributed by atoms with E-state index in [-0.39, 0.29) is 11.7 Å². The minimum absolute atomic E-state index is 0.0709. The van der Waals surface area contributed by atoms with Crippen LogP contribution in [0.25, 0.3) is 0 Å². The van der Waals surface area contributed by atoms with Gasteiger partial charge in [0, 0.05) is 37.6 Å². The van der Waals surface area contributed by atoms with E-state index in [0.29, 0.717) is 13.1 Å². The van der Waals surface area contributed by atoms with Crippen LogP contribution in [0, 0.1) is 5.82 Å². The Labute approximate surface area is 167 Å². The van der Waals surface area contributed by atoms with Gasteiger partial charge in [0.25, 0.3) is 0 Å². The lowest BCUT2D eigenvalue weighted by Crippen LogP contribution is -2.39. The van der Waals surface area contributed by atoms with Crippen molar-refractivity contribution in [2.24, 2.45) is 0 Å². The van der Waals surface area contributed by atoms with Crippen LogP contribution in [0.5, 0.6) is 0 Å². The Morgan fingerprint density at radius 1 is 1.14 bits per heavy atom. The molecular formula is C23H30FN3O. The third kappa shape index (κ3) is 5.47. The zero-order chi connectivity index (χ0) is 19.8. The molecule has 0 bridgehead atoms. The maximum atomic E-state index is 13.1. The number of para-hydroxylation sites is 1. The minimum Gasteiger partial charge on any atom is -0.372 e. The second-order valence-corrected chi connectivity index (χ2v) is 7.27. The highest BCUT2D eigenvalue weighted by atomic mass is 19.1. The largest absolute Gasteiger partial charge is 0.372 e. The molecule has 0 unspecified atom stereocenters. The lowest BCUT2D eigenvalue weighted by atomic mass is 10.1. The maximum absolute atomic E-state index is 13.1. The molecular weight excluding hydrogens is 353 g/mol. The average Bonchev–Trinajstić information content (AvgIpc) is 2.91. The van der Waals surface area contributed by atoms with Crippen LogP contribution in [0.1, 0.15) is 31.7 Å². The summed E-state index contributed by atoms with van der Waals surface area (Å²) >= 11 is 0. The third-order valence-corrected chi connectivity index (χ3v) is 5.29. The number of carbonyl (C=O) groups excluding carboxylic acids is 1. The van der Waals surface area contributed by atoms with E-state index in [4.69, 9.17) is 0 Å². The number of nitrogens with one attached hydrogen (secondary N) is 1. The number of amides is 1. The Morgan fingerprint density at radius 3 is 2.71 bits per heavy atom. The minimum atomic E-state index is -0.220. The molecule has 0 aromatic heterocycles. The zero-order valence-electron chi connectivity index (χ0n) is 16.7. The summed E-state index contributed by atoms with van der Waals surface area (Å²) in [6.07, 6.45) is 4.23. The number of carbonyl (C=O) groups is 1. The van der Waals surface area contributed by atoms with Crippen molar-refractivity contribution in [1.82, 2.24) is 5.32 Å². The van der Waals surface area contributed by atoms with Crippen molar-refractivity contribution in [2.45, 2.75) is 32.6 Å². The normalized spacial score (nSPS) is 13.6. The standard InChI is InChI=1S/C23H30FN3O/c1-2-26(21-13-11-20(24)12-14-21)17-7-15-25-23(28)18-27-16-6-5-9-19-8-3-4-10-22(19)27/h3-4,8,10-14H,2,5-7,9,15-18H2,1H3,(H,25,28). The Kier molecular flexibility index (Phi) is 7.29. The number of anilines is 2. The molecule has 28 heavy (non-hydrogen) atoms. The first-order valence-electron chi connectivity index (χ1n) is 10.3. The Balaban J connectivity index is 1.45. The third-order valence-electron chi connectivity index (χ3n) is 5.29. The molecule has 1 amide bonds. The molecule has 3 rings (SSSR count). The lowest BCUT2D eigenvalue weighted by molar-refractivity contribution is -0.119. The summed E-state index contributed by atoms with van der Waals surface area (Å²) in [5.41, 5.74) is 3.55. The van der Waals surface area contributed by atoms with Crippen molar-refractivity contribution >= 4 is 17.3 Å². The van der Waals surface area contributed by atoms with E-state index in [1.807, 2.05) is 6.07 Å². The van der Waals surface area contributed by atoms with Gasteiger partial charge in [0.2, 0.25) is 5.91 Å². The van der Waals surface area contributed by atoms with Crippen molar-refractivity contribution < 1.29 is 9.18 Å². The molecule has 0 saturated carbocycles. The summed E-state index contributed by atoms with van der Waals surface area (Å²) in [6, 6.07) is 15.0. The molecule has 1 aliphatic rings. The van der Waals surface area contributed by atoms with Gasteiger partial charge in [-0.25, -0.2) is 4.39 Å². The smallest absolute Gasteiger partial charge is 0.239 e. The molecule has 0 aliphatic carbocycles. The number of fused-ring (bicyclic) bond motifs is 1. The molecule has 5 heteroatoms. The van der Waals surface area contributed by atoms with Crippen molar-refractivity contribution in [3.63, 3.8) is 0 Å². The summed E-state index contributed by atoms with van der Waals surface area (Å²) in [5, 5.41) is 3.05. The highest BCUT2D eigenvalue weighted by Crippen LogP contribution is 2.25. The molecule has 1 N–H and O–H groups in total. The molecule has 1 aliphatic heterocycles. The van der Waals surface area contributed by atoms with E-state index in [0.717, 1.165) is 44.6 Å². The molecule has 2 aromatic rings. The molecule has 0 fully saturated rings.